The van der Waals surface area contributed by atoms with Gasteiger partial charge in [-0.25, -0.2) is 4.39 Å². The highest BCUT2D eigenvalue weighted by atomic mass is 19.1. The molecule has 2 aromatic rings. The van der Waals surface area contributed by atoms with E-state index >= 15 is 0 Å². The van der Waals surface area contributed by atoms with Gasteiger partial charge in [0.05, 0.1) is 12.6 Å². The highest BCUT2D eigenvalue weighted by Crippen LogP contribution is 2.28. The molecule has 1 fully saturated rings. The summed E-state index contributed by atoms with van der Waals surface area (Å²) >= 11 is 0. The Balaban J connectivity index is 2.05. The van der Waals surface area contributed by atoms with E-state index in [4.69, 9.17) is 0 Å². The molecule has 21 heavy (non-hydrogen) atoms. The third-order valence-electron chi connectivity index (χ3n) is 4.43. The van der Waals surface area contributed by atoms with Crippen LogP contribution in [0.2, 0.25) is 0 Å². The number of aliphatic hydroxyl groups is 1. The van der Waals surface area contributed by atoms with Gasteiger partial charge in [-0.05, 0) is 29.9 Å². The first kappa shape index (κ1) is 14.0. The second kappa shape index (κ2) is 5.45. The molecule has 1 amide bonds. The summed E-state index contributed by atoms with van der Waals surface area (Å²) in [6.45, 7) is 2.64. The molecule has 1 aliphatic heterocycles. The topological polar surface area (TPSA) is 40.5 Å². The van der Waals surface area contributed by atoms with E-state index in [0.29, 0.717) is 22.9 Å². The minimum absolute atomic E-state index is 0.0357. The molecule has 0 aromatic heterocycles. The van der Waals surface area contributed by atoms with E-state index in [1.807, 2.05) is 6.92 Å². The molecule has 2 atom stereocenters. The van der Waals surface area contributed by atoms with E-state index in [1.54, 1.807) is 29.2 Å². The van der Waals surface area contributed by atoms with Gasteiger partial charge in [-0.2, -0.15) is 0 Å². The Morgan fingerprint density at radius 3 is 2.71 bits per heavy atom. The summed E-state index contributed by atoms with van der Waals surface area (Å²) in [5.41, 5.74) is 0.500. The van der Waals surface area contributed by atoms with Crippen LogP contribution in [0, 0.1) is 11.7 Å². The fourth-order valence-corrected chi connectivity index (χ4v) is 3.14. The van der Waals surface area contributed by atoms with Gasteiger partial charge in [0.15, 0.2) is 0 Å². The van der Waals surface area contributed by atoms with Crippen molar-refractivity contribution in [3.8, 4) is 0 Å². The average Bonchev–Trinajstić information content (AvgIpc) is 2.88. The van der Waals surface area contributed by atoms with Gasteiger partial charge in [0, 0.05) is 17.5 Å². The van der Waals surface area contributed by atoms with Crippen LogP contribution in [0.5, 0.6) is 0 Å². The molecule has 3 nitrogen and oxygen atoms in total. The fourth-order valence-electron chi connectivity index (χ4n) is 3.14. The number of hydrogen-bond acceptors (Lipinski definition) is 2. The van der Waals surface area contributed by atoms with Crippen molar-refractivity contribution < 1.29 is 14.3 Å². The number of aliphatic hydroxyl groups excluding tert-OH is 1. The molecule has 0 spiro atoms. The molecule has 1 N–H and O–H groups in total. The van der Waals surface area contributed by atoms with Gasteiger partial charge in [-0.3, -0.25) is 4.79 Å². The number of carbonyl (C=O) groups is 1. The van der Waals surface area contributed by atoms with Crippen molar-refractivity contribution in [2.45, 2.75) is 19.4 Å². The third-order valence-corrected chi connectivity index (χ3v) is 4.43. The summed E-state index contributed by atoms with van der Waals surface area (Å²) in [5, 5.41) is 10.6. The Morgan fingerprint density at radius 2 is 2.00 bits per heavy atom. The van der Waals surface area contributed by atoms with E-state index in [2.05, 4.69) is 0 Å². The van der Waals surface area contributed by atoms with Crippen LogP contribution in [0.1, 0.15) is 23.7 Å². The van der Waals surface area contributed by atoms with Crippen molar-refractivity contribution in [1.82, 2.24) is 4.90 Å². The van der Waals surface area contributed by atoms with Crippen LogP contribution in [-0.4, -0.2) is 35.1 Å². The number of nitrogens with zero attached hydrogens (tertiary/aromatic N) is 1. The standard InChI is InChI=1S/C17H18FNO2/c1-11-8-9-19(16(11)10-20)17(21)14-6-7-15(18)13-5-3-2-4-12(13)14/h2-7,11,16,20H,8-10H2,1H3. The van der Waals surface area contributed by atoms with Crippen LogP contribution in [0.15, 0.2) is 36.4 Å². The highest BCUT2D eigenvalue weighted by molar-refractivity contribution is 6.07. The number of hydrogen-bond donors (Lipinski definition) is 1. The molecule has 0 aliphatic carbocycles. The molecular weight excluding hydrogens is 269 g/mol. The third kappa shape index (κ3) is 2.29. The van der Waals surface area contributed by atoms with Crippen LogP contribution in [0.4, 0.5) is 4.39 Å². The number of likely N-dealkylation sites (tertiary alicyclic amines) is 1. The molecule has 110 valence electrons. The SMILES string of the molecule is CC1CCN(C(=O)c2ccc(F)c3ccccc23)C1CO. The molecule has 0 radical (unpaired) electrons. The second-order valence-electron chi connectivity index (χ2n) is 5.65. The van der Waals surface area contributed by atoms with Gasteiger partial charge < -0.3 is 10.0 Å². The Kier molecular flexibility index (Phi) is 3.64. The lowest BCUT2D eigenvalue weighted by atomic mass is 10.0. The molecule has 2 unspecified atom stereocenters. The molecule has 1 heterocycles. The molecule has 1 aliphatic rings. The quantitative estimate of drug-likeness (QED) is 0.922. The normalized spacial score (nSPS) is 22.0. The number of halogens is 1. The van der Waals surface area contributed by atoms with Crippen molar-refractivity contribution in [1.29, 1.82) is 0 Å². The predicted molar refractivity (Wildman–Crippen MR) is 79.6 cm³/mol. The van der Waals surface area contributed by atoms with Crippen molar-refractivity contribution in [3.05, 3.63) is 47.8 Å². The van der Waals surface area contributed by atoms with E-state index in [9.17, 15) is 14.3 Å². The first-order chi connectivity index (χ1) is 10.1. The molecule has 3 rings (SSSR count). The maximum Gasteiger partial charge on any atom is 0.254 e. The van der Waals surface area contributed by atoms with Crippen molar-refractivity contribution >= 4 is 16.7 Å². The molecule has 1 saturated heterocycles. The molecular formula is C17H18FNO2. The van der Waals surface area contributed by atoms with E-state index < -0.39 is 0 Å². The first-order valence-electron chi connectivity index (χ1n) is 7.22. The number of amides is 1. The molecule has 2 aromatic carbocycles. The van der Waals surface area contributed by atoms with Crippen LogP contribution in [-0.2, 0) is 0 Å². The molecule has 4 heteroatoms. The first-order valence-corrected chi connectivity index (χ1v) is 7.22. The number of rotatable bonds is 2. The molecule has 0 saturated carbocycles. The Morgan fingerprint density at radius 1 is 1.29 bits per heavy atom. The van der Waals surface area contributed by atoms with E-state index in [1.165, 1.54) is 12.1 Å². The second-order valence-corrected chi connectivity index (χ2v) is 5.65. The highest BCUT2D eigenvalue weighted by Gasteiger charge is 2.34. The molecule has 0 bridgehead atoms. The zero-order valence-corrected chi connectivity index (χ0v) is 11.9. The van der Waals surface area contributed by atoms with Gasteiger partial charge >= 0.3 is 0 Å². The number of fused-ring (bicyclic) bond motifs is 1. The van der Waals surface area contributed by atoms with Gasteiger partial charge in [-0.1, -0.05) is 31.2 Å². The van der Waals surface area contributed by atoms with Crippen molar-refractivity contribution in [3.63, 3.8) is 0 Å². The monoisotopic (exact) mass is 287 g/mol. The van der Waals surface area contributed by atoms with Gasteiger partial charge in [0.25, 0.3) is 5.91 Å². The summed E-state index contributed by atoms with van der Waals surface area (Å²) < 4.78 is 13.8. The van der Waals surface area contributed by atoms with Gasteiger partial charge in [0.2, 0.25) is 0 Å². The van der Waals surface area contributed by atoms with Crippen molar-refractivity contribution in [2.24, 2.45) is 5.92 Å². The smallest absolute Gasteiger partial charge is 0.254 e. The predicted octanol–water partition coefficient (Wildman–Crippen LogP) is 2.82. The summed E-state index contributed by atoms with van der Waals surface area (Å²) in [6.07, 6.45) is 0.885. The number of carbonyl (C=O) groups excluding carboxylic acids is 1. The lowest BCUT2D eigenvalue weighted by Gasteiger charge is -2.25. The van der Waals surface area contributed by atoms with Crippen LogP contribution in [0.3, 0.4) is 0 Å². The lowest BCUT2D eigenvalue weighted by Crippen LogP contribution is -2.39. The van der Waals surface area contributed by atoms with Crippen LogP contribution >= 0.6 is 0 Å². The zero-order valence-electron chi connectivity index (χ0n) is 11.9. The average molecular weight is 287 g/mol. The van der Waals surface area contributed by atoms with Gasteiger partial charge in [-0.15, -0.1) is 0 Å². The maximum atomic E-state index is 13.8. The largest absolute Gasteiger partial charge is 0.394 e. The lowest BCUT2D eigenvalue weighted by molar-refractivity contribution is 0.0650. The Hall–Kier alpha value is -1.94. The summed E-state index contributed by atoms with van der Waals surface area (Å²) in [5.74, 6) is -0.170. The summed E-state index contributed by atoms with van der Waals surface area (Å²) in [4.78, 5) is 14.5. The van der Waals surface area contributed by atoms with Crippen LogP contribution < -0.4 is 0 Å². The Labute approximate surface area is 123 Å². The minimum atomic E-state index is -0.323. The zero-order chi connectivity index (χ0) is 15.0. The van der Waals surface area contributed by atoms with Crippen LogP contribution in [0.25, 0.3) is 10.8 Å². The van der Waals surface area contributed by atoms with E-state index in [0.717, 1.165) is 6.42 Å². The number of benzene rings is 2. The minimum Gasteiger partial charge on any atom is -0.394 e. The van der Waals surface area contributed by atoms with E-state index in [-0.39, 0.29) is 30.3 Å². The summed E-state index contributed by atoms with van der Waals surface area (Å²) in [6, 6.07) is 9.72. The summed E-state index contributed by atoms with van der Waals surface area (Å²) in [7, 11) is 0. The fraction of sp³-hybridized carbons (Fsp3) is 0.353. The van der Waals surface area contributed by atoms with Gasteiger partial charge in [0.1, 0.15) is 5.82 Å². The maximum absolute atomic E-state index is 13.8. The Bertz CT molecular complexity index is 686. The van der Waals surface area contributed by atoms with Crippen molar-refractivity contribution in [2.75, 3.05) is 13.2 Å².